The molecule has 0 atom stereocenters. The Labute approximate surface area is 50.9 Å². The summed E-state index contributed by atoms with van der Waals surface area (Å²) in [5, 5.41) is 1.87. The van der Waals surface area contributed by atoms with Gasteiger partial charge < -0.3 is 4.79 Å². The molecule has 0 aromatic rings. The number of rotatable bonds is 4. The van der Waals surface area contributed by atoms with Crippen LogP contribution in [0.4, 0.5) is 0 Å². The van der Waals surface area contributed by atoms with Crippen molar-refractivity contribution >= 4 is 12.3 Å². The standard InChI is InChI=1S/C4H5NO4/c6-3-1-2-4(7)9-5-8/h3H,1-2H2. The van der Waals surface area contributed by atoms with Crippen molar-refractivity contribution in [3.63, 3.8) is 0 Å². The van der Waals surface area contributed by atoms with Gasteiger partial charge in [-0.15, -0.1) is 4.91 Å². The fourth-order valence-corrected chi connectivity index (χ4v) is 0.264. The molecule has 0 saturated heterocycles. The maximum Gasteiger partial charge on any atom is 0.339 e. The molecule has 50 valence electrons. The van der Waals surface area contributed by atoms with Crippen molar-refractivity contribution < 1.29 is 14.4 Å². The van der Waals surface area contributed by atoms with Gasteiger partial charge >= 0.3 is 5.97 Å². The summed E-state index contributed by atoms with van der Waals surface area (Å²) >= 11 is 0. The van der Waals surface area contributed by atoms with Gasteiger partial charge in [-0.25, -0.2) is 4.79 Å². The molecule has 0 radical (unpaired) electrons. The van der Waals surface area contributed by atoms with Crippen molar-refractivity contribution in [2.45, 2.75) is 12.8 Å². The maximum atomic E-state index is 10.1. The van der Waals surface area contributed by atoms with Crippen LogP contribution in [0.25, 0.3) is 0 Å². The normalized spacial score (nSPS) is 8.00. The zero-order valence-corrected chi connectivity index (χ0v) is 4.57. The van der Waals surface area contributed by atoms with Gasteiger partial charge in [0.25, 0.3) is 0 Å². The van der Waals surface area contributed by atoms with E-state index in [9.17, 15) is 14.5 Å². The molecule has 0 saturated carbocycles. The molecule has 5 heteroatoms. The zero-order valence-electron chi connectivity index (χ0n) is 4.57. The van der Waals surface area contributed by atoms with Crippen LogP contribution in [0.15, 0.2) is 5.34 Å². The Morgan fingerprint density at radius 3 is 2.78 bits per heavy atom. The van der Waals surface area contributed by atoms with Crippen LogP contribution in [0, 0.1) is 4.91 Å². The Morgan fingerprint density at radius 2 is 2.33 bits per heavy atom. The number of aldehydes is 1. The van der Waals surface area contributed by atoms with E-state index in [4.69, 9.17) is 0 Å². The predicted molar refractivity (Wildman–Crippen MR) is 27.2 cm³/mol. The second kappa shape index (κ2) is 4.89. The summed E-state index contributed by atoms with van der Waals surface area (Å²) in [4.78, 5) is 32.5. The van der Waals surface area contributed by atoms with E-state index in [2.05, 4.69) is 4.84 Å². The Morgan fingerprint density at radius 1 is 1.67 bits per heavy atom. The van der Waals surface area contributed by atoms with E-state index < -0.39 is 5.97 Å². The maximum absolute atomic E-state index is 10.1. The number of nitrogens with zero attached hydrogens (tertiary/aromatic N) is 1. The molecule has 0 bridgehead atoms. The van der Waals surface area contributed by atoms with Gasteiger partial charge in [0, 0.05) is 6.42 Å². The fraction of sp³-hybridized carbons (Fsp3) is 0.500. The molecule has 5 nitrogen and oxygen atoms in total. The molecule has 0 heterocycles. The molecule has 0 spiro atoms. The zero-order chi connectivity index (χ0) is 7.11. The fourth-order valence-electron chi connectivity index (χ4n) is 0.264. The Hall–Kier alpha value is -1.26. The van der Waals surface area contributed by atoms with E-state index in [-0.39, 0.29) is 12.8 Å². The number of hydrogen-bond acceptors (Lipinski definition) is 5. The summed E-state index contributed by atoms with van der Waals surface area (Å²) in [5.41, 5.74) is 0. The predicted octanol–water partition coefficient (Wildman–Crippen LogP) is 0.190. The minimum Gasteiger partial charge on any atom is -0.303 e. The minimum absolute atomic E-state index is 0.0638. The van der Waals surface area contributed by atoms with E-state index in [1.165, 1.54) is 0 Å². The second-order valence-corrected chi connectivity index (χ2v) is 1.24. The van der Waals surface area contributed by atoms with Crippen molar-refractivity contribution in [3.05, 3.63) is 4.91 Å². The van der Waals surface area contributed by atoms with Crippen LogP contribution < -0.4 is 0 Å². The summed E-state index contributed by atoms with van der Waals surface area (Å²) in [5.74, 6) is -0.780. The highest BCUT2D eigenvalue weighted by atomic mass is 16.7. The van der Waals surface area contributed by atoms with Gasteiger partial charge in [0.05, 0.1) is 6.42 Å². The number of carbonyl (C=O) groups excluding carboxylic acids is 2. The molecule has 9 heavy (non-hydrogen) atoms. The van der Waals surface area contributed by atoms with Gasteiger partial charge in [-0.2, -0.15) is 0 Å². The van der Waals surface area contributed by atoms with Gasteiger partial charge in [-0.1, -0.05) is 0 Å². The van der Waals surface area contributed by atoms with Crippen LogP contribution in [-0.2, 0) is 14.4 Å². The lowest BCUT2D eigenvalue weighted by molar-refractivity contribution is -0.144. The first kappa shape index (κ1) is 7.74. The van der Waals surface area contributed by atoms with Crippen molar-refractivity contribution in [3.8, 4) is 0 Å². The smallest absolute Gasteiger partial charge is 0.303 e. The summed E-state index contributed by atoms with van der Waals surface area (Å²) in [7, 11) is 0. The van der Waals surface area contributed by atoms with E-state index in [0.717, 1.165) is 0 Å². The van der Waals surface area contributed by atoms with Crippen molar-refractivity contribution in [1.29, 1.82) is 0 Å². The average molecular weight is 131 g/mol. The van der Waals surface area contributed by atoms with Crippen LogP contribution in [0.1, 0.15) is 12.8 Å². The number of hydrogen-bond donors (Lipinski definition) is 0. The summed E-state index contributed by atoms with van der Waals surface area (Å²) in [6.45, 7) is 0. The van der Waals surface area contributed by atoms with Crippen molar-refractivity contribution in [2.24, 2.45) is 5.34 Å². The van der Waals surface area contributed by atoms with Gasteiger partial charge in [-0.05, 0) is 0 Å². The first-order valence-corrected chi connectivity index (χ1v) is 2.27. The Kier molecular flexibility index (Phi) is 4.20. The first-order chi connectivity index (χ1) is 4.31. The summed E-state index contributed by atoms with van der Waals surface area (Å²) < 4.78 is 0. The Balaban J connectivity index is 3.26. The van der Waals surface area contributed by atoms with Crippen molar-refractivity contribution in [1.82, 2.24) is 0 Å². The van der Waals surface area contributed by atoms with Gasteiger partial charge in [0.1, 0.15) is 6.29 Å². The summed E-state index contributed by atoms with van der Waals surface area (Å²) in [6, 6.07) is 0. The van der Waals surface area contributed by atoms with Crippen LogP contribution in [0.2, 0.25) is 0 Å². The van der Waals surface area contributed by atoms with Crippen LogP contribution >= 0.6 is 0 Å². The molecule has 0 aromatic heterocycles. The quantitative estimate of drug-likeness (QED) is 0.310. The molecule has 0 aliphatic carbocycles. The van der Waals surface area contributed by atoms with E-state index in [1.807, 2.05) is 5.34 Å². The van der Waals surface area contributed by atoms with E-state index in [0.29, 0.717) is 6.29 Å². The van der Waals surface area contributed by atoms with Crippen molar-refractivity contribution in [2.75, 3.05) is 0 Å². The lowest BCUT2D eigenvalue weighted by Gasteiger charge is -1.86. The molecule has 0 rings (SSSR count). The highest BCUT2D eigenvalue weighted by molar-refractivity contribution is 5.72. The summed E-state index contributed by atoms with van der Waals surface area (Å²) in [6.07, 6.45) is 0.537. The molecule has 0 amide bonds. The molecular weight excluding hydrogens is 126 g/mol. The molecule has 0 N–H and O–H groups in total. The third kappa shape index (κ3) is 4.60. The average Bonchev–Trinajstić information content (AvgIpc) is 1.85. The molecule has 0 aliphatic heterocycles. The molecule has 0 fully saturated rings. The monoisotopic (exact) mass is 131 g/mol. The minimum atomic E-state index is -0.780. The van der Waals surface area contributed by atoms with Crippen LogP contribution in [-0.4, -0.2) is 12.3 Å². The lowest BCUT2D eigenvalue weighted by Crippen LogP contribution is -1.98. The highest BCUT2D eigenvalue weighted by Crippen LogP contribution is 1.88. The Bertz CT molecular complexity index is 122. The molecule has 0 unspecified atom stereocenters. The molecule has 0 aliphatic rings. The van der Waals surface area contributed by atoms with Gasteiger partial charge in [0.2, 0.25) is 0 Å². The van der Waals surface area contributed by atoms with E-state index >= 15 is 0 Å². The topological polar surface area (TPSA) is 72.8 Å². The highest BCUT2D eigenvalue weighted by Gasteiger charge is 2.00. The molecular formula is C4H5NO4. The SMILES string of the molecule is O=CCCC(=O)ON=O. The van der Waals surface area contributed by atoms with Gasteiger partial charge in [-0.3, -0.25) is 4.84 Å². The second-order valence-electron chi connectivity index (χ2n) is 1.24. The van der Waals surface area contributed by atoms with Crippen LogP contribution in [0.3, 0.4) is 0 Å². The largest absolute Gasteiger partial charge is 0.339 e. The lowest BCUT2D eigenvalue weighted by atomic mass is 10.3. The third-order valence-corrected chi connectivity index (χ3v) is 0.605. The van der Waals surface area contributed by atoms with Crippen LogP contribution in [0.5, 0.6) is 0 Å². The van der Waals surface area contributed by atoms with E-state index in [1.54, 1.807) is 0 Å². The number of carbonyl (C=O) groups is 2. The first-order valence-electron chi connectivity index (χ1n) is 2.27. The molecule has 0 aromatic carbocycles. The third-order valence-electron chi connectivity index (χ3n) is 0.605. The van der Waals surface area contributed by atoms with Gasteiger partial charge in [0.15, 0.2) is 5.34 Å².